The predicted molar refractivity (Wildman–Crippen MR) is 51.1 cm³/mol. The van der Waals surface area contributed by atoms with E-state index in [9.17, 15) is 9.70 Å². The van der Waals surface area contributed by atoms with Crippen LogP contribution in [0.3, 0.4) is 0 Å². The number of rotatable bonds is 4. The molecule has 0 saturated heterocycles. The lowest BCUT2D eigenvalue weighted by Gasteiger charge is -1.89. The van der Waals surface area contributed by atoms with Crippen molar-refractivity contribution in [2.45, 2.75) is 0 Å². The third-order valence-corrected chi connectivity index (χ3v) is 1.48. The van der Waals surface area contributed by atoms with Gasteiger partial charge >= 0.3 is 0 Å². The number of nitroso groups, excluding NO2 is 1. The molecule has 0 aromatic heterocycles. The van der Waals surface area contributed by atoms with Crippen molar-refractivity contribution in [1.29, 1.82) is 0 Å². The summed E-state index contributed by atoms with van der Waals surface area (Å²) in [6.07, 6.45) is 3.02. The number of carbonyl (C=O) groups excluding carboxylic acids is 1. The van der Waals surface area contributed by atoms with Crippen molar-refractivity contribution in [2.75, 3.05) is 6.54 Å². The van der Waals surface area contributed by atoms with E-state index >= 15 is 0 Å². The number of carbonyl (C=O) groups is 1. The van der Waals surface area contributed by atoms with Crippen molar-refractivity contribution >= 4 is 11.9 Å². The van der Waals surface area contributed by atoms with E-state index in [1.807, 2.05) is 30.3 Å². The first-order valence-corrected chi connectivity index (χ1v) is 3.88. The van der Waals surface area contributed by atoms with Crippen LogP contribution in [-0.4, -0.2) is 12.3 Å². The summed E-state index contributed by atoms with van der Waals surface area (Å²) in [5.74, 6) is -0.279. The molecule has 0 aliphatic carbocycles. The highest BCUT2D eigenvalue weighted by atomic mass is 16.3. The zero-order valence-electron chi connectivity index (χ0n) is 7.01. The molecule has 0 bridgehead atoms. The molecule has 1 aromatic carbocycles. The average molecular weight is 175 g/mol. The molecule has 0 radical (unpaired) electrons. The van der Waals surface area contributed by atoms with Crippen molar-refractivity contribution < 1.29 is 4.79 Å². The van der Waals surface area contributed by atoms with Gasteiger partial charge in [0.1, 0.15) is 6.54 Å². The van der Waals surface area contributed by atoms with E-state index in [0.717, 1.165) is 5.56 Å². The summed E-state index contributed by atoms with van der Waals surface area (Å²) < 4.78 is 0. The minimum absolute atomic E-state index is 0.279. The van der Waals surface area contributed by atoms with Gasteiger partial charge in [-0.3, -0.25) is 4.79 Å². The van der Waals surface area contributed by atoms with Gasteiger partial charge in [-0.05, 0) is 11.6 Å². The van der Waals surface area contributed by atoms with Crippen LogP contribution in [0.1, 0.15) is 5.56 Å². The number of ketones is 1. The van der Waals surface area contributed by atoms with Gasteiger partial charge in [0.05, 0.1) is 0 Å². The van der Waals surface area contributed by atoms with Crippen LogP contribution in [0.2, 0.25) is 0 Å². The molecule has 0 aliphatic heterocycles. The normalized spacial score (nSPS) is 10.2. The molecule has 0 amide bonds. The van der Waals surface area contributed by atoms with E-state index in [4.69, 9.17) is 0 Å². The van der Waals surface area contributed by atoms with E-state index < -0.39 is 0 Å². The van der Waals surface area contributed by atoms with E-state index in [0.29, 0.717) is 0 Å². The van der Waals surface area contributed by atoms with Gasteiger partial charge in [0.25, 0.3) is 0 Å². The lowest BCUT2D eigenvalue weighted by atomic mass is 10.2. The molecule has 66 valence electrons. The highest BCUT2D eigenvalue weighted by Crippen LogP contribution is 2.00. The van der Waals surface area contributed by atoms with Gasteiger partial charge in [-0.1, -0.05) is 41.6 Å². The summed E-state index contributed by atoms with van der Waals surface area (Å²) in [4.78, 5) is 20.6. The Bertz CT molecular complexity index is 317. The Kier molecular flexibility index (Phi) is 3.57. The smallest absolute Gasteiger partial charge is 0.180 e. The summed E-state index contributed by atoms with van der Waals surface area (Å²) in [6, 6.07) is 9.40. The van der Waals surface area contributed by atoms with Crippen LogP contribution in [-0.2, 0) is 4.79 Å². The van der Waals surface area contributed by atoms with Crippen molar-refractivity contribution in [3.8, 4) is 0 Å². The highest BCUT2D eigenvalue weighted by Gasteiger charge is 1.93. The first kappa shape index (κ1) is 9.32. The summed E-state index contributed by atoms with van der Waals surface area (Å²) in [5, 5.41) is 2.50. The first-order chi connectivity index (χ1) is 6.33. The molecule has 13 heavy (non-hydrogen) atoms. The molecule has 1 aromatic rings. The summed E-state index contributed by atoms with van der Waals surface area (Å²) in [6.45, 7) is -0.288. The van der Waals surface area contributed by atoms with Crippen LogP contribution in [0.25, 0.3) is 6.08 Å². The lowest BCUT2D eigenvalue weighted by molar-refractivity contribution is -0.113. The van der Waals surface area contributed by atoms with Crippen molar-refractivity contribution in [2.24, 2.45) is 5.18 Å². The third-order valence-electron chi connectivity index (χ3n) is 1.48. The molecule has 0 unspecified atom stereocenters. The molecule has 0 saturated carbocycles. The second-order valence-electron chi connectivity index (χ2n) is 2.50. The Morgan fingerprint density at radius 1 is 1.31 bits per heavy atom. The zero-order chi connectivity index (χ0) is 9.52. The molecule has 0 N–H and O–H groups in total. The van der Waals surface area contributed by atoms with Crippen LogP contribution >= 0.6 is 0 Å². The fourth-order valence-corrected chi connectivity index (χ4v) is 0.870. The van der Waals surface area contributed by atoms with Crippen molar-refractivity contribution in [3.05, 3.63) is 46.9 Å². The van der Waals surface area contributed by atoms with E-state index in [1.54, 1.807) is 6.08 Å². The predicted octanol–water partition coefficient (Wildman–Crippen LogP) is 2.04. The maximum atomic E-state index is 10.8. The molecule has 0 aliphatic rings. The molecule has 3 heteroatoms. The van der Waals surface area contributed by atoms with E-state index in [-0.39, 0.29) is 12.3 Å². The third kappa shape index (κ3) is 3.42. The second-order valence-corrected chi connectivity index (χ2v) is 2.50. The minimum Gasteiger partial charge on any atom is -0.293 e. The van der Waals surface area contributed by atoms with Gasteiger partial charge in [0, 0.05) is 0 Å². The molecular weight excluding hydrogens is 166 g/mol. The quantitative estimate of drug-likeness (QED) is 0.519. The van der Waals surface area contributed by atoms with Gasteiger partial charge < -0.3 is 0 Å². The Morgan fingerprint density at radius 2 is 2.00 bits per heavy atom. The zero-order valence-corrected chi connectivity index (χ0v) is 7.01. The van der Waals surface area contributed by atoms with Gasteiger partial charge in [-0.15, -0.1) is 0 Å². The lowest BCUT2D eigenvalue weighted by Crippen LogP contribution is -1.95. The van der Waals surface area contributed by atoms with Crippen LogP contribution in [0, 0.1) is 4.91 Å². The van der Waals surface area contributed by atoms with Gasteiger partial charge in [-0.2, -0.15) is 4.91 Å². The molecule has 0 fully saturated rings. The summed E-state index contributed by atoms with van der Waals surface area (Å²) >= 11 is 0. The largest absolute Gasteiger partial charge is 0.293 e. The first-order valence-electron chi connectivity index (χ1n) is 3.88. The van der Waals surface area contributed by atoms with Gasteiger partial charge in [-0.25, -0.2) is 0 Å². The molecule has 3 nitrogen and oxygen atoms in total. The molecule has 0 spiro atoms. The molecular formula is C10H9NO2. The number of benzene rings is 1. The minimum atomic E-state index is -0.288. The van der Waals surface area contributed by atoms with Crippen LogP contribution in [0.15, 0.2) is 41.6 Å². The maximum absolute atomic E-state index is 10.8. The Hall–Kier alpha value is -1.77. The summed E-state index contributed by atoms with van der Waals surface area (Å²) in [5.41, 5.74) is 0.932. The highest BCUT2D eigenvalue weighted by molar-refractivity contribution is 5.95. The average Bonchev–Trinajstić information content (AvgIpc) is 2.17. The number of hydrogen-bond donors (Lipinski definition) is 0. The number of hydrogen-bond acceptors (Lipinski definition) is 3. The molecule has 0 heterocycles. The Morgan fingerprint density at radius 3 is 2.62 bits per heavy atom. The molecule has 0 atom stereocenters. The fraction of sp³-hybridized carbons (Fsp3) is 0.100. The topological polar surface area (TPSA) is 46.5 Å². The Labute approximate surface area is 76.1 Å². The van der Waals surface area contributed by atoms with E-state index in [2.05, 4.69) is 5.18 Å². The fourth-order valence-electron chi connectivity index (χ4n) is 0.870. The van der Waals surface area contributed by atoms with Gasteiger partial charge in [0.15, 0.2) is 5.78 Å². The van der Waals surface area contributed by atoms with Crippen molar-refractivity contribution in [1.82, 2.24) is 0 Å². The van der Waals surface area contributed by atoms with Gasteiger partial charge in [0.2, 0.25) is 0 Å². The summed E-state index contributed by atoms with van der Waals surface area (Å²) in [7, 11) is 0. The SMILES string of the molecule is O=NCC(=O)C=Cc1ccccc1. The van der Waals surface area contributed by atoms with Crippen LogP contribution < -0.4 is 0 Å². The van der Waals surface area contributed by atoms with Crippen LogP contribution in [0.4, 0.5) is 0 Å². The standard InChI is InChI=1S/C10H9NO2/c12-10(8-11-13)7-6-9-4-2-1-3-5-9/h1-7H,8H2. The van der Waals surface area contributed by atoms with E-state index in [1.165, 1.54) is 6.08 Å². The van der Waals surface area contributed by atoms with Crippen LogP contribution in [0.5, 0.6) is 0 Å². The molecule has 1 rings (SSSR count). The maximum Gasteiger partial charge on any atom is 0.180 e. The Balaban J connectivity index is 2.58. The van der Waals surface area contributed by atoms with Crippen molar-refractivity contribution in [3.63, 3.8) is 0 Å². The number of nitrogens with zero attached hydrogens (tertiary/aromatic N) is 1. The monoisotopic (exact) mass is 175 g/mol. The second kappa shape index (κ2) is 4.98.